The van der Waals surface area contributed by atoms with Crippen LogP contribution in [0.2, 0.25) is 0 Å². The monoisotopic (exact) mass is 378 g/mol. The van der Waals surface area contributed by atoms with Crippen LogP contribution in [-0.4, -0.2) is 44.6 Å². The van der Waals surface area contributed by atoms with Gasteiger partial charge in [0.1, 0.15) is 5.82 Å². The van der Waals surface area contributed by atoms with Crippen LogP contribution in [0.4, 0.5) is 5.95 Å². The molecule has 148 valence electrons. The van der Waals surface area contributed by atoms with Crippen molar-refractivity contribution in [3.63, 3.8) is 0 Å². The molecule has 1 saturated heterocycles. The zero-order chi connectivity index (χ0) is 19.9. The maximum Gasteiger partial charge on any atom is 0.204 e. The quantitative estimate of drug-likeness (QED) is 0.660. The molecule has 1 unspecified atom stereocenters. The van der Waals surface area contributed by atoms with E-state index in [9.17, 15) is 0 Å². The molecule has 1 atom stereocenters. The van der Waals surface area contributed by atoms with Gasteiger partial charge < -0.3 is 14.0 Å². The summed E-state index contributed by atoms with van der Waals surface area (Å²) < 4.78 is 4.47. The van der Waals surface area contributed by atoms with Crippen LogP contribution in [0.5, 0.6) is 0 Å². The number of benzene rings is 1. The summed E-state index contributed by atoms with van der Waals surface area (Å²) in [4.78, 5) is 13.9. The lowest BCUT2D eigenvalue weighted by atomic mass is 9.74. The highest BCUT2D eigenvalue weighted by atomic mass is 15.3. The molecule has 3 heterocycles. The van der Waals surface area contributed by atoms with E-state index in [1.807, 2.05) is 31.4 Å². The fourth-order valence-electron chi connectivity index (χ4n) is 4.43. The van der Waals surface area contributed by atoms with Gasteiger partial charge in [0, 0.05) is 58.6 Å². The molecule has 3 aromatic rings. The van der Waals surface area contributed by atoms with E-state index < -0.39 is 0 Å². The summed E-state index contributed by atoms with van der Waals surface area (Å²) in [5.74, 6) is 2.13. The Morgan fingerprint density at radius 3 is 2.50 bits per heavy atom. The van der Waals surface area contributed by atoms with E-state index in [0.717, 1.165) is 31.4 Å². The first kappa shape index (κ1) is 18.7. The van der Waals surface area contributed by atoms with E-state index in [4.69, 9.17) is 4.98 Å². The van der Waals surface area contributed by atoms with Crippen molar-refractivity contribution in [2.75, 3.05) is 25.5 Å². The molecule has 6 heteroatoms. The standard InChI is InChI=1S/C22H30N6/c1-22(2)16-28(15-18-13-24-21(25(3)4)26(18)5)19(22)20-23-11-12-27(20)14-17-9-7-6-8-10-17/h6-13,19H,14-16H2,1-5H3. The number of hydrogen-bond donors (Lipinski definition) is 0. The molecule has 2 aromatic heterocycles. The minimum atomic E-state index is 0.197. The Labute approximate surface area is 167 Å². The van der Waals surface area contributed by atoms with Gasteiger partial charge in [-0.1, -0.05) is 44.2 Å². The van der Waals surface area contributed by atoms with E-state index in [-0.39, 0.29) is 5.41 Å². The predicted molar refractivity (Wildman–Crippen MR) is 112 cm³/mol. The number of rotatable bonds is 6. The van der Waals surface area contributed by atoms with Crippen molar-refractivity contribution in [3.8, 4) is 0 Å². The molecule has 28 heavy (non-hydrogen) atoms. The van der Waals surface area contributed by atoms with Gasteiger partial charge in [-0.05, 0) is 5.56 Å². The molecule has 0 spiro atoms. The second-order valence-corrected chi connectivity index (χ2v) is 8.70. The largest absolute Gasteiger partial charge is 0.348 e. The minimum absolute atomic E-state index is 0.197. The smallest absolute Gasteiger partial charge is 0.204 e. The van der Waals surface area contributed by atoms with E-state index >= 15 is 0 Å². The van der Waals surface area contributed by atoms with Gasteiger partial charge in [0.25, 0.3) is 0 Å². The molecule has 0 bridgehead atoms. The third kappa shape index (κ3) is 3.33. The fourth-order valence-corrected chi connectivity index (χ4v) is 4.43. The van der Waals surface area contributed by atoms with Crippen molar-refractivity contribution in [2.24, 2.45) is 12.5 Å². The van der Waals surface area contributed by atoms with Crippen molar-refractivity contribution in [2.45, 2.75) is 33.0 Å². The molecule has 0 saturated carbocycles. The molecule has 1 aliphatic rings. The van der Waals surface area contributed by atoms with Crippen LogP contribution in [0.1, 0.15) is 37.0 Å². The maximum atomic E-state index is 4.77. The van der Waals surface area contributed by atoms with Gasteiger partial charge in [0.05, 0.1) is 17.9 Å². The van der Waals surface area contributed by atoms with Crippen molar-refractivity contribution < 1.29 is 0 Å². The van der Waals surface area contributed by atoms with Gasteiger partial charge in [-0.2, -0.15) is 0 Å². The number of anilines is 1. The molecule has 1 aromatic carbocycles. The lowest BCUT2D eigenvalue weighted by Gasteiger charge is -2.53. The summed E-state index contributed by atoms with van der Waals surface area (Å²) in [6, 6.07) is 10.9. The Hall–Kier alpha value is -2.60. The highest BCUT2D eigenvalue weighted by Gasteiger charge is 2.48. The van der Waals surface area contributed by atoms with Gasteiger partial charge in [-0.25, -0.2) is 9.97 Å². The summed E-state index contributed by atoms with van der Waals surface area (Å²) in [6.07, 6.45) is 6.02. The molecule has 0 aliphatic carbocycles. The van der Waals surface area contributed by atoms with Crippen LogP contribution in [0.3, 0.4) is 0 Å². The molecular formula is C22H30N6. The van der Waals surface area contributed by atoms with Gasteiger partial charge in [-0.15, -0.1) is 0 Å². The number of nitrogens with zero attached hydrogens (tertiary/aromatic N) is 6. The Morgan fingerprint density at radius 1 is 1.11 bits per heavy atom. The Morgan fingerprint density at radius 2 is 1.86 bits per heavy atom. The normalized spacial score (nSPS) is 18.8. The SMILES string of the molecule is CN(C)c1ncc(CN2CC(C)(C)C2c2nccn2Cc2ccccc2)n1C. The fraction of sp³-hybridized carbons (Fsp3) is 0.455. The molecule has 0 N–H and O–H groups in total. The molecule has 1 aliphatic heterocycles. The van der Waals surface area contributed by atoms with Gasteiger partial charge >= 0.3 is 0 Å². The van der Waals surface area contributed by atoms with Crippen molar-refractivity contribution in [1.29, 1.82) is 0 Å². The van der Waals surface area contributed by atoms with Crippen LogP contribution in [-0.2, 0) is 20.1 Å². The molecule has 1 fully saturated rings. The second-order valence-electron chi connectivity index (χ2n) is 8.70. The van der Waals surface area contributed by atoms with E-state index in [1.165, 1.54) is 11.3 Å². The van der Waals surface area contributed by atoms with E-state index in [1.54, 1.807) is 0 Å². The summed E-state index contributed by atoms with van der Waals surface area (Å²) in [6.45, 7) is 7.46. The summed E-state index contributed by atoms with van der Waals surface area (Å²) in [7, 11) is 6.15. The van der Waals surface area contributed by atoms with Gasteiger partial charge in [-0.3, -0.25) is 4.90 Å². The molecular weight excluding hydrogens is 348 g/mol. The third-order valence-electron chi connectivity index (χ3n) is 5.73. The first-order valence-electron chi connectivity index (χ1n) is 9.84. The zero-order valence-electron chi connectivity index (χ0n) is 17.5. The van der Waals surface area contributed by atoms with Crippen LogP contribution in [0.25, 0.3) is 0 Å². The van der Waals surface area contributed by atoms with Gasteiger partial charge in [0.15, 0.2) is 0 Å². The lowest BCUT2D eigenvalue weighted by molar-refractivity contribution is -0.0663. The number of aromatic nitrogens is 4. The first-order valence-corrected chi connectivity index (χ1v) is 9.84. The predicted octanol–water partition coefficient (Wildman–Crippen LogP) is 3.31. The van der Waals surface area contributed by atoms with E-state index in [0.29, 0.717) is 6.04 Å². The van der Waals surface area contributed by atoms with E-state index in [2.05, 4.69) is 76.4 Å². The highest BCUT2D eigenvalue weighted by molar-refractivity contribution is 5.31. The molecule has 0 radical (unpaired) electrons. The number of likely N-dealkylation sites (tertiary alicyclic amines) is 1. The Kier molecular flexibility index (Phi) is 4.75. The van der Waals surface area contributed by atoms with Crippen LogP contribution < -0.4 is 4.90 Å². The second kappa shape index (κ2) is 7.09. The molecule has 6 nitrogen and oxygen atoms in total. The summed E-state index contributed by atoms with van der Waals surface area (Å²) in [5.41, 5.74) is 2.72. The van der Waals surface area contributed by atoms with Gasteiger partial charge in [0.2, 0.25) is 5.95 Å². The molecule has 4 rings (SSSR count). The summed E-state index contributed by atoms with van der Waals surface area (Å²) >= 11 is 0. The lowest BCUT2D eigenvalue weighted by Crippen LogP contribution is -2.55. The zero-order valence-corrected chi connectivity index (χ0v) is 17.5. The third-order valence-corrected chi connectivity index (χ3v) is 5.73. The van der Waals surface area contributed by atoms with Crippen molar-refractivity contribution in [1.82, 2.24) is 24.0 Å². The number of hydrogen-bond acceptors (Lipinski definition) is 4. The average molecular weight is 379 g/mol. The number of imidazole rings is 2. The minimum Gasteiger partial charge on any atom is -0.348 e. The highest BCUT2D eigenvalue weighted by Crippen LogP contribution is 2.48. The Balaban J connectivity index is 1.57. The topological polar surface area (TPSA) is 42.1 Å². The van der Waals surface area contributed by atoms with Crippen LogP contribution in [0, 0.1) is 5.41 Å². The first-order chi connectivity index (χ1) is 13.4. The maximum absolute atomic E-state index is 4.77. The van der Waals surface area contributed by atoms with Crippen LogP contribution in [0.15, 0.2) is 48.9 Å². The van der Waals surface area contributed by atoms with Crippen molar-refractivity contribution >= 4 is 5.95 Å². The average Bonchev–Trinajstić information content (AvgIpc) is 3.22. The summed E-state index contributed by atoms with van der Waals surface area (Å²) in [5, 5.41) is 0. The van der Waals surface area contributed by atoms with Crippen LogP contribution >= 0.6 is 0 Å². The van der Waals surface area contributed by atoms with Crippen molar-refractivity contribution in [3.05, 3.63) is 66.0 Å². The molecule has 0 amide bonds. The Bertz CT molecular complexity index is 937.